The fraction of sp³-hybridized carbons (Fsp3) is 0.381. The molecule has 2 N–H and O–H groups in total. The Hall–Kier alpha value is -2.54. The van der Waals surface area contributed by atoms with E-state index < -0.39 is 0 Å². The standard InChI is InChI=1S/C21H26N6S/c1-2-22-20(23-14-11-19-26-25-18-10-6-7-15-27(18)19)24-16-21(12-13-21)28-17-8-4-3-5-9-17/h3-10,15H,2,11-14,16H2,1H3,(H2,22,23,24). The second-order valence-electron chi connectivity index (χ2n) is 7.02. The Balaban J connectivity index is 1.33. The number of nitrogens with one attached hydrogen (secondary N) is 2. The highest BCUT2D eigenvalue weighted by Crippen LogP contribution is 2.51. The summed E-state index contributed by atoms with van der Waals surface area (Å²) in [5, 5.41) is 15.3. The Labute approximate surface area is 169 Å². The summed E-state index contributed by atoms with van der Waals surface area (Å²) in [6.07, 6.45) is 5.24. The molecule has 1 aromatic carbocycles. The third kappa shape index (κ3) is 4.65. The van der Waals surface area contributed by atoms with Crippen LogP contribution >= 0.6 is 11.8 Å². The van der Waals surface area contributed by atoms with E-state index in [1.165, 1.54) is 17.7 Å². The lowest BCUT2D eigenvalue weighted by Gasteiger charge is -2.15. The fourth-order valence-electron chi connectivity index (χ4n) is 3.09. The van der Waals surface area contributed by atoms with Gasteiger partial charge in [-0.2, -0.15) is 0 Å². The molecule has 0 unspecified atom stereocenters. The molecule has 1 saturated carbocycles. The van der Waals surface area contributed by atoms with Crippen LogP contribution in [0.5, 0.6) is 0 Å². The van der Waals surface area contributed by atoms with Crippen LogP contribution in [0.4, 0.5) is 0 Å². The third-order valence-electron chi connectivity index (χ3n) is 4.78. The van der Waals surface area contributed by atoms with Crippen LogP contribution in [0.25, 0.3) is 5.65 Å². The molecule has 1 fully saturated rings. The van der Waals surface area contributed by atoms with E-state index in [1.54, 1.807) is 0 Å². The maximum absolute atomic E-state index is 4.86. The van der Waals surface area contributed by atoms with Crippen LogP contribution in [0.3, 0.4) is 0 Å². The lowest BCUT2D eigenvalue weighted by Crippen LogP contribution is -2.39. The van der Waals surface area contributed by atoms with Crippen LogP contribution in [0.2, 0.25) is 0 Å². The summed E-state index contributed by atoms with van der Waals surface area (Å²) in [7, 11) is 0. The molecule has 0 saturated heterocycles. The second kappa shape index (κ2) is 8.65. The van der Waals surface area contributed by atoms with E-state index in [2.05, 4.69) is 58.1 Å². The Kier molecular flexibility index (Phi) is 5.81. The second-order valence-corrected chi connectivity index (χ2v) is 8.56. The fourth-order valence-corrected chi connectivity index (χ4v) is 4.32. The molecule has 28 heavy (non-hydrogen) atoms. The summed E-state index contributed by atoms with van der Waals surface area (Å²) in [5.74, 6) is 1.83. The van der Waals surface area contributed by atoms with Gasteiger partial charge in [-0.15, -0.1) is 22.0 Å². The van der Waals surface area contributed by atoms with Crippen LogP contribution in [-0.4, -0.2) is 44.9 Å². The van der Waals surface area contributed by atoms with E-state index >= 15 is 0 Å². The number of rotatable bonds is 8. The van der Waals surface area contributed by atoms with Gasteiger partial charge in [0, 0.05) is 35.3 Å². The maximum Gasteiger partial charge on any atom is 0.191 e. The lowest BCUT2D eigenvalue weighted by atomic mass is 10.4. The smallest absolute Gasteiger partial charge is 0.191 e. The molecule has 3 aromatic rings. The third-order valence-corrected chi connectivity index (χ3v) is 6.26. The Morgan fingerprint density at radius 2 is 1.93 bits per heavy atom. The van der Waals surface area contributed by atoms with Crippen molar-refractivity contribution in [3.8, 4) is 0 Å². The molecule has 0 bridgehead atoms. The van der Waals surface area contributed by atoms with Crippen LogP contribution in [0, 0.1) is 0 Å². The van der Waals surface area contributed by atoms with E-state index in [0.717, 1.165) is 43.5 Å². The van der Waals surface area contributed by atoms with Crippen molar-refractivity contribution in [1.82, 2.24) is 25.2 Å². The van der Waals surface area contributed by atoms with Gasteiger partial charge in [0.15, 0.2) is 11.6 Å². The van der Waals surface area contributed by atoms with Gasteiger partial charge in [-0.1, -0.05) is 24.3 Å². The van der Waals surface area contributed by atoms with Crippen molar-refractivity contribution in [2.45, 2.75) is 35.8 Å². The Bertz CT molecular complexity index is 932. The molecule has 2 aromatic heterocycles. The van der Waals surface area contributed by atoms with Crippen molar-refractivity contribution in [2.24, 2.45) is 4.99 Å². The molecular formula is C21H26N6S. The summed E-state index contributed by atoms with van der Waals surface area (Å²) < 4.78 is 2.29. The van der Waals surface area contributed by atoms with E-state index in [4.69, 9.17) is 4.99 Å². The molecule has 0 atom stereocenters. The number of hydrogen-bond acceptors (Lipinski definition) is 4. The highest BCUT2D eigenvalue weighted by molar-refractivity contribution is 8.01. The summed E-state index contributed by atoms with van der Waals surface area (Å²) in [6.45, 7) is 4.53. The monoisotopic (exact) mass is 394 g/mol. The Morgan fingerprint density at radius 1 is 1.11 bits per heavy atom. The van der Waals surface area contributed by atoms with Gasteiger partial charge in [-0.05, 0) is 44.0 Å². The molecule has 146 valence electrons. The van der Waals surface area contributed by atoms with Crippen molar-refractivity contribution in [3.05, 3.63) is 60.6 Å². The maximum atomic E-state index is 4.86. The lowest BCUT2D eigenvalue weighted by molar-refractivity contribution is 0.758. The quantitative estimate of drug-likeness (QED) is 0.454. The van der Waals surface area contributed by atoms with Gasteiger partial charge >= 0.3 is 0 Å². The Morgan fingerprint density at radius 3 is 2.71 bits per heavy atom. The van der Waals surface area contributed by atoms with Gasteiger partial charge in [0.2, 0.25) is 0 Å². The van der Waals surface area contributed by atoms with Crippen molar-refractivity contribution >= 4 is 23.4 Å². The SMILES string of the molecule is CCNC(=NCC1(Sc2ccccc2)CC1)NCCc1nnc2ccccn12. The zero-order valence-electron chi connectivity index (χ0n) is 16.1. The molecule has 0 spiro atoms. The molecular weight excluding hydrogens is 368 g/mol. The number of nitrogens with zero attached hydrogens (tertiary/aromatic N) is 4. The average molecular weight is 395 g/mol. The number of benzene rings is 1. The number of aliphatic imine (C=N–C) groups is 1. The summed E-state index contributed by atoms with van der Waals surface area (Å²) in [4.78, 5) is 6.18. The largest absolute Gasteiger partial charge is 0.357 e. The average Bonchev–Trinajstić information content (AvgIpc) is 3.37. The number of guanidine groups is 1. The molecule has 1 aliphatic rings. The summed E-state index contributed by atoms with van der Waals surface area (Å²) >= 11 is 1.96. The van der Waals surface area contributed by atoms with Crippen molar-refractivity contribution < 1.29 is 0 Å². The van der Waals surface area contributed by atoms with Crippen LogP contribution < -0.4 is 10.6 Å². The molecule has 0 aliphatic heterocycles. The van der Waals surface area contributed by atoms with E-state index in [0.29, 0.717) is 0 Å². The van der Waals surface area contributed by atoms with Crippen LogP contribution in [0.1, 0.15) is 25.6 Å². The van der Waals surface area contributed by atoms with Crippen LogP contribution in [-0.2, 0) is 6.42 Å². The van der Waals surface area contributed by atoms with Gasteiger partial charge in [0.1, 0.15) is 5.82 Å². The van der Waals surface area contributed by atoms with Gasteiger partial charge in [0.05, 0.1) is 6.54 Å². The number of aromatic nitrogens is 3. The molecule has 6 nitrogen and oxygen atoms in total. The van der Waals surface area contributed by atoms with Gasteiger partial charge in [0.25, 0.3) is 0 Å². The first-order valence-electron chi connectivity index (χ1n) is 9.83. The zero-order valence-corrected chi connectivity index (χ0v) is 17.0. The van der Waals surface area contributed by atoms with Crippen molar-refractivity contribution in [2.75, 3.05) is 19.6 Å². The first-order valence-corrected chi connectivity index (χ1v) is 10.6. The van der Waals surface area contributed by atoms with Crippen LogP contribution in [0.15, 0.2) is 64.6 Å². The minimum absolute atomic E-state index is 0.257. The van der Waals surface area contributed by atoms with E-state index in [-0.39, 0.29) is 4.75 Å². The van der Waals surface area contributed by atoms with Crippen molar-refractivity contribution in [3.63, 3.8) is 0 Å². The van der Waals surface area contributed by atoms with Gasteiger partial charge in [-0.25, -0.2) is 0 Å². The molecule has 0 radical (unpaired) electrons. The normalized spacial score (nSPS) is 15.5. The van der Waals surface area contributed by atoms with Crippen molar-refractivity contribution in [1.29, 1.82) is 0 Å². The predicted molar refractivity (Wildman–Crippen MR) is 115 cm³/mol. The number of pyridine rings is 1. The zero-order chi connectivity index (χ0) is 19.2. The highest BCUT2D eigenvalue weighted by Gasteiger charge is 2.43. The van der Waals surface area contributed by atoms with Gasteiger partial charge < -0.3 is 10.6 Å². The number of thioether (sulfide) groups is 1. The minimum Gasteiger partial charge on any atom is -0.357 e. The molecule has 4 rings (SSSR count). The highest BCUT2D eigenvalue weighted by atomic mass is 32.2. The van der Waals surface area contributed by atoms with E-state index in [1.807, 2.05) is 40.6 Å². The molecule has 2 heterocycles. The summed E-state index contributed by atoms with van der Waals surface area (Å²) in [5.41, 5.74) is 0.881. The summed E-state index contributed by atoms with van der Waals surface area (Å²) in [6, 6.07) is 16.6. The molecule has 0 amide bonds. The number of fused-ring (bicyclic) bond motifs is 1. The molecule has 1 aliphatic carbocycles. The predicted octanol–water partition coefficient (Wildman–Crippen LogP) is 3.15. The topological polar surface area (TPSA) is 66.6 Å². The first-order chi connectivity index (χ1) is 13.8. The van der Waals surface area contributed by atoms with E-state index in [9.17, 15) is 0 Å². The molecule has 7 heteroatoms. The number of hydrogen-bond donors (Lipinski definition) is 2. The first kappa shape index (κ1) is 18.8. The minimum atomic E-state index is 0.257. The van der Waals surface area contributed by atoms with Gasteiger partial charge in [-0.3, -0.25) is 9.39 Å².